The second-order valence-electron chi connectivity index (χ2n) is 6.41. The molecular formula is C20H35O12P. The number of rotatable bonds is 22. The molecule has 0 aliphatic heterocycles. The Labute approximate surface area is 194 Å². The van der Waals surface area contributed by atoms with Crippen molar-refractivity contribution >= 4 is 19.8 Å². The molecule has 13 heteroatoms. The van der Waals surface area contributed by atoms with Crippen LogP contribution in [-0.4, -0.2) is 95.1 Å². The Bertz CT molecular complexity index is 564. The molecule has 0 aliphatic rings. The van der Waals surface area contributed by atoms with Crippen LogP contribution >= 0.6 is 7.82 Å². The topological polar surface area (TPSA) is 145 Å². The van der Waals surface area contributed by atoms with Gasteiger partial charge in [0.2, 0.25) is 0 Å². The van der Waals surface area contributed by atoms with Crippen molar-refractivity contribution in [2.24, 2.45) is 0 Å². The van der Waals surface area contributed by atoms with E-state index >= 15 is 0 Å². The Kier molecular flexibility index (Phi) is 18.8. The number of hydrogen-bond acceptors (Lipinski definition) is 11. The zero-order valence-corrected chi connectivity index (χ0v) is 20.1. The number of esters is 2. The van der Waals surface area contributed by atoms with E-state index in [0.29, 0.717) is 0 Å². The lowest BCUT2D eigenvalue weighted by Crippen LogP contribution is -2.20. The predicted octanol–water partition coefficient (Wildman–Crippen LogP) is 1.42. The summed E-state index contributed by atoms with van der Waals surface area (Å²) >= 11 is 0. The van der Waals surface area contributed by atoms with E-state index in [1.165, 1.54) is 0 Å². The van der Waals surface area contributed by atoms with E-state index in [0.717, 1.165) is 12.2 Å². The highest BCUT2D eigenvalue weighted by molar-refractivity contribution is 7.47. The molecule has 0 aromatic rings. The normalized spacial score (nSPS) is 14.6. The largest absolute Gasteiger partial charge is 0.472 e. The lowest BCUT2D eigenvalue weighted by Gasteiger charge is -2.14. The molecule has 192 valence electrons. The Morgan fingerprint density at radius 3 is 1.42 bits per heavy atom. The van der Waals surface area contributed by atoms with Crippen LogP contribution in [0.5, 0.6) is 0 Å². The van der Waals surface area contributed by atoms with E-state index in [2.05, 4.69) is 13.2 Å². The van der Waals surface area contributed by atoms with Crippen LogP contribution in [0, 0.1) is 0 Å². The minimum Gasteiger partial charge on any atom is -0.457 e. The zero-order chi connectivity index (χ0) is 25.0. The molecule has 0 radical (unpaired) electrons. The first-order chi connectivity index (χ1) is 15.7. The van der Waals surface area contributed by atoms with Crippen molar-refractivity contribution in [3.05, 3.63) is 25.3 Å². The molecule has 0 bridgehead atoms. The van der Waals surface area contributed by atoms with E-state index in [1.54, 1.807) is 13.8 Å². The molecule has 33 heavy (non-hydrogen) atoms. The molecule has 2 unspecified atom stereocenters. The van der Waals surface area contributed by atoms with E-state index in [-0.39, 0.29) is 66.1 Å². The average Bonchev–Trinajstić information content (AvgIpc) is 2.76. The van der Waals surface area contributed by atoms with Gasteiger partial charge in [-0.1, -0.05) is 13.2 Å². The molecule has 0 saturated carbocycles. The van der Waals surface area contributed by atoms with Gasteiger partial charge in [-0.25, -0.2) is 14.2 Å². The van der Waals surface area contributed by atoms with Crippen LogP contribution in [0.3, 0.4) is 0 Å². The van der Waals surface area contributed by atoms with Crippen LogP contribution in [0.4, 0.5) is 0 Å². The van der Waals surface area contributed by atoms with Crippen molar-refractivity contribution in [3.63, 3.8) is 0 Å². The van der Waals surface area contributed by atoms with E-state index in [1.807, 2.05) is 0 Å². The van der Waals surface area contributed by atoms with Gasteiger partial charge in [-0.2, -0.15) is 0 Å². The van der Waals surface area contributed by atoms with Crippen LogP contribution in [0.1, 0.15) is 13.8 Å². The van der Waals surface area contributed by atoms with Crippen LogP contribution in [-0.2, 0) is 51.6 Å². The summed E-state index contributed by atoms with van der Waals surface area (Å²) in [7, 11) is -4.21. The highest BCUT2D eigenvalue weighted by Gasteiger charge is 2.20. The predicted molar refractivity (Wildman–Crippen MR) is 117 cm³/mol. The number of carbonyl (C=O) groups excluding carboxylic acids is 2. The summed E-state index contributed by atoms with van der Waals surface area (Å²) in [5.74, 6) is -1.04. The molecule has 0 spiro atoms. The fourth-order valence-electron chi connectivity index (χ4n) is 1.96. The summed E-state index contributed by atoms with van der Waals surface area (Å²) in [6.07, 6.45) is 1.32. The molecule has 0 aliphatic carbocycles. The fraction of sp³-hybridized carbons (Fsp3) is 0.700. The van der Waals surface area contributed by atoms with Gasteiger partial charge in [-0.15, -0.1) is 0 Å². The van der Waals surface area contributed by atoms with Crippen LogP contribution in [0.2, 0.25) is 0 Å². The zero-order valence-electron chi connectivity index (χ0n) is 19.2. The van der Waals surface area contributed by atoms with Gasteiger partial charge in [-0.3, -0.25) is 9.05 Å². The van der Waals surface area contributed by atoms with Gasteiger partial charge in [0.15, 0.2) is 0 Å². The third-order valence-corrected chi connectivity index (χ3v) is 4.40. The smallest absolute Gasteiger partial charge is 0.457 e. The lowest BCUT2D eigenvalue weighted by atomic mass is 10.4. The van der Waals surface area contributed by atoms with Crippen molar-refractivity contribution in [1.29, 1.82) is 0 Å². The third kappa shape index (κ3) is 20.7. The van der Waals surface area contributed by atoms with Crippen molar-refractivity contribution in [1.82, 2.24) is 0 Å². The minimum atomic E-state index is -4.21. The van der Waals surface area contributed by atoms with Crippen LogP contribution < -0.4 is 0 Å². The molecule has 0 rings (SSSR count). The molecule has 0 heterocycles. The molecule has 12 nitrogen and oxygen atoms in total. The molecule has 0 amide bonds. The molecule has 1 N–H and O–H groups in total. The van der Waals surface area contributed by atoms with E-state index < -0.39 is 32.0 Å². The van der Waals surface area contributed by atoms with Crippen LogP contribution in [0.25, 0.3) is 0 Å². The summed E-state index contributed by atoms with van der Waals surface area (Å²) in [6.45, 7) is 11.2. The summed E-state index contributed by atoms with van der Waals surface area (Å²) in [4.78, 5) is 31.5. The number of carbonyl (C=O) groups is 2. The van der Waals surface area contributed by atoms with Gasteiger partial charge >= 0.3 is 19.8 Å². The standard InChI is InChI=1S/C20H35O12P/c1-5-19(21)31-17(3)15-27-9-7-25-11-13-29-33(23,24)30-14-12-26-8-10-28-16-18(4)32-20(22)6-2/h5-6,17-18H,1-2,7-16H2,3-4H3,(H,23,24). The Hall–Kier alpha value is -1.63. The Balaban J connectivity index is 3.55. The van der Waals surface area contributed by atoms with Crippen molar-refractivity contribution in [2.45, 2.75) is 26.1 Å². The Morgan fingerprint density at radius 2 is 1.06 bits per heavy atom. The van der Waals surface area contributed by atoms with E-state index in [9.17, 15) is 19.0 Å². The van der Waals surface area contributed by atoms with Crippen molar-refractivity contribution in [3.8, 4) is 0 Å². The minimum absolute atomic E-state index is 0.0621. The van der Waals surface area contributed by atoms with Crippen LogP contribution in [0.15, 0.2) is 25.3 Å². The molecule has 0 fully saturated rings. The first-order valence-corrected chi connectivity index (χ1v) is 11.8. The summed E-state index contributed by atoms with van der Waals surface area (Å²) < 4.78 is 52.0. The summed E-state index contributed by atoms with van der Waals surface area (Å²) in [5.41, 5.74) is 0. The first-order valence-electron chi connectivity index (χ1n) is 10.3. The van der Waals surface area contributed by atoms with E-state index in [4.69, 9.17) is 37.5 Å². The molecule has 2 atom stereocenters. The molecule has 0 saturated heterocycles. The van der Waals surface area contributed by atoms with Gasteiger partial charge in [0.25, 0.3) is 0 Å². The summed E-state index contributed by atoms with van der Waals surface area (Å²) in [6, 6.07) is 0. The number of ether oxygens (including phenoxy) is 6. The average molecular weight is 498 g/mol. The highest BCUT2D eigenvalue weighted by atomic mass is 31.2. The Morgan fingerprint density at radius 1 is 0.727 bits per heavy atom. The maximum atomic E-state index is 11.7. The lowest BCUT2D eigenvalue weighted by molar-refractivity contribution is -0.146. The second kappa shape index (κ2) is 19.8. The SMILES string of the molecule is C=CC(=O)OC(C)COCCOCCOP(=O)(O)OCCOCCOCC(C)OC(=O)C=C. The van der Waals surface area contributed by atoms with Crippen molar-refractivity contribution < 1.29 is 56.5 Å². The number of phosphoric acid groups is 1. The van der Waals surface area contributed by atoms with Crippen molar-refractivity contribution in [2.75, 3.05) is 66.1 Å². The number of hydrogen-bond donors (Lipinski definition) is 1. The second-order valence-corrected chi connectivity index (χ2v) is 7.87. The van der Waals surface area contributed by atoms with Gasteiger partial charge in [0.05, 0.1) is 66.1 Å². The maximum Gasteiger partial charge on any atom is 0.472 e. The summed E-state index contributed by atoms with van der Waals surface area (Å²) in [5, 5.41) is 0. The maximum absolute atomic E-state index is 11.7. The molecule has 0 aromatic heterocycles. The monoisotopic (exact) mass is 498 g/mol. The van der Waals surface area contributed by atoms with Gasteiger partial charge in [0.1, 0.15) is 12.2 Å². The third-order valence-electron chi connectivity index (χ3n) is 3.38. The number of phosphoric ester groups is 1. The highest BCUT2D eigenvalue weighted by Crippen LogP contribution is 2.42. The van der Waals surface area contributed by atoms with Gasteiger partial charge < -0.3 is 33.3 Å². The fourth-order valence-corrected chi connectivity index (χ4v) is 2.64. The quantitative estimate of drug-likeness (QED) is 0.0997. The van der Waals surface area contributed by atoms with Gasteiger partial charge in [0, 0.05) is 12.2 Å². The molecular weight excluding hydrogens is 463 g/mol. The first kappa shape index (κ1) is 31.4. The molecule has 0 aromatic carbocycles. The van der Waals surface area contributed by atoms with Gasteiger partial charge in [-0.05, 0) is 13.8 Å².